The third kappa shape index (κ3) is 2.96. The van der Waals surface area contributed by atoms with E-state index in [1.54, 1.807) is 11.0 Å². The summed E-state index contributed by atoms with van der Waals surface area (Å²) in [6.07, 6.45) is -0.490. The molecule has 1 aromatic heterocycles. The minimum atomic E-state index is -2.64. The van der Waals surface area contributed by atoms with Gasteiger partial charge in [-0.3, -0.25) is 10.2 Å². The standard InChI is InChI=1S/C12H16F2N4O2/c1-20-9-3-2-8(11(19)17-15)16-10(9)18-6-4-12(13,14)5-7-18/h2-3H,4-7,15H2,1H3,(H,17,19). The van der Waals surface area contributed by atoms with E-state index in [2.05, 4.69) is 4.98 Å². The molecule has 2 rings (SSSR count). The lowest BCUT2D eigenvalue weighted by atomic mass is 10.1. The highest BCUT2D eigenvalue weighted by atomic mass is 19.3. The summed E-state index contributed by atoms with van der Waals surface area (Å²) in [7, 11) is 1.46. The van der Waals surface area contributed by atoms with Gasteiger partial charge in [-0.15, -0.1) is 0 Å². The first-order valence-corrected chi connectivity index (χ1v) is 6.15. The average Bonchev–Trinajstić information content (AvgIpc) is 2.46. The molecule has 20 heavy (non-hydrogen) atoms. The second kappa shape index (κ2) is 5.58. The van der Waals surface area contributed by atoms with Crippen LogP contribution in [0.4, 0.5) is 14.6 Å². The third-order valence-electron chi connectivity index (χ3n) is 3.22. The van der Waals surface area contributed by atoms with Crippen molar-refractivity contribution < 1.29 is 18.3 Å². The Kier molecular flexibility index (Phi) is 4.03. The van der Waals surface area contributed by atoms with Crippen molar-refractivity contribution in [1.82, 2.24) is 10.4 Å². The number of hydrazine groups is 1. The highest BCUT2D eigenvalue weighted by Crippen LogP contribution is 2.33. The Hall–Kier alpha value is -1.96. The molecule has 0 spiro atoms. The van der Waals surface area contributed by atoms with E-state index in [4.69, 9.17) is 10.6 Å². The minimum Gasteiger partial charge on any atom is -0.493 e. The van der Waals surface area contributed by atoms with Crippen LogP contribution >= 0.6 is 0 Å². The molecule has 3 N–H and O–H groups in total. The van der Waals surface area contributed by atoms with Crippen LogP contribution in [0.15, 0.2) is 12.1 Å². The molecule has 1 amide bonds. The number of methoxy groups -OCH3 is 1. The third-order valence-corrected chi connectivity index (χ3v) is 3.22. The second-order valence-corrected chi connectivity index (χ2v) is 4.54. The van der Waals surface area contributed by atoms with Gasteiger partial charge >= 0.3 is 0 Å². The van der Waals surface area contributed by atoms with Crippen LogP contribution in [0.5, 0.6) is 5.75 Å². The molecule has 110 valence electrons. The summed E-state index contributed by atoms with van der Waals surface area (Å²) >= 11 is 0. The second-order valence-electron chi connectivity index (χ2n) is 4.54. The normalized spacial score (nSPS) is 17.7. The number of aromatic nitrogens is 1. The van der Waals surface area contributed by atoms with Crippen LogP contribution < -0.4 is 20.9 Å². The van der Waals surface area contributed by atoms with Crippen LogP contribution in [0.1, 0.15) is 23.3 Å². The predicted molar refractivity (Wildman–Crippen MR) is 68.8 cm³/mol. The SMILES string of the molecule is COc1ccc(C(=O)NN)nc1N1CCC(F)(F)CC1. The van der Waals surface area contributed by atoms with Crippen molar-refractivity contribution in [2.24, 2.45) is 5.84 Å². The van der Waals surface area contributed by atoms with Crippen molar-refractivity contribution >= 4 is 11.7 Å². The van der Waals surface area contributed by atoms with Gasteiger partial charge < -0.3 is 9.64 Å². The van der Waals surface area contributed by atoms with E-state index in [-0.39, 0.29) is 31.6 Å². The van der Waals surface area contributed by atoms with E-state index >= 15 is 0 Å². The quantitative estimate of drug-likeness (QED) is 0.491. The molecule has 1 aromatic rings. The Morgan fingerprint density at radius 2 is 2.10 bits per heavy atom. The van der Waals surface area contributed by atoms with Crippen molar-refractivity contribution in [3.8, 4) is 5.75 Å². The largest absolute Gasteiger partial charge is 0.493 e. The van der Waals surface area contributed by atoms with Crippen LogP contribution in [-0.2, 0) is 0 Å². The number of pyridine rings is 1. The van der Waals surface area contributed by atoms with Crippen LogP contribution in [0.2, 0.25) is 0 Å². The van der Waals surface area contributed by atoms with Crippen LogP contribution in [-0.4, -0.2) is 37.0 Å². The Morgan fingerprint density at radius 1 is 1.45 bits per heavy atom. The van der Waals surface area contributed by atoms with E-state index in [1.807, 2.05) is 5.43 Å². The molecule has 1 aliphatic heterocycles. The summed E-state index contributed by atoms with van der Waals surface area (Å²) in [5.74, 6) is 2.68. The number of nitrogens with one attached hydrogen (secondary N) is 1. The molecule has 2 heterocycles. The molecular weight excluding hydrogens is 270 g/mol. The number of nitrogens with two attached hydrogens (primary N) is 1. The van der Waals surface area contributed by atoms with Crippen molar-refractivity contribution in [3.05, 3.63) is 17.8 Å². The van der Waals surface area contributed by atoms with Gasteiger partial charge in [-0.25, -0.2) is 19.6 Å². The molecule has 0 atom stereocenters. The molecular formula is C12H16F2N4O2. The van der Waals surface area contributed by atoms with Gasteiger partial charge in [0.15, 0.2) is 11.6 Å². The molecule has 0 unspecified atom stereocenters. The van der Waals surface area contributed by atoms with Gasteiger partial charge in [-0.1, -0.05) is 0 Å². The molecule has 6 nitrogen and oxygen atoms in total. The maximum Gasteiger partial charge on any atom is 0.283 e. The molecule has 0 aromatic carbocycles. The lowest BCUT2D eigenvalue weighted by Crippen LogP contribution is -2.40. The van der Waals surface area contributed by atoms with E-state index in [0.29, 0.717) is 11.6 Å². The fraction of sp³-hybridized carbons (Fsp3) is 0.500. The van der Waals surface area contributed by atoms with E-state index in [1.165, 1.54) is 13.2 Å². The first kappa shape index (κ1) is 14.4. The first-order chi connectivity index (χ1) is 9.46. The molecule has 1 aliphatic rings. The molecule has 8 heteroatoms. The molecule has 1 saturated heterocycles. The minimum absolute atomic E-state index is 0.112. The topological polar surface area (TPSA) is 80.5 Å². The number of nitrogens with zero attached hydrogens (tertiary/aromatic N) is 2. The monoisotopic (exact) mass is 286 g/mol. The summed E-state index contributed by atoms with van der Waals surface area (Å²) in [6.45, 7) is 0.314. The van der Waals surface area contributed by atoms with Gasteiger partial charge in [0.25, 0.3) is 11.8 Å². The van der Waals surface area contributed by atoms with Gasteiger partial charge in [-0.2, -0.15) is 0 Å². The smallest absolute Gasteiger partial charge is 0.283 e. The number of carbonyl (C=O) groups excluding carboxylic acids is 1. The maximum absolute atomic E-state index is 13.2. The number of hydrogen-bond donors (Lipinski definition) is 2. The van der Waals surface area contributed by atoms with E-state index in [0.717, 1.165) is 0 Å². The number of anilines is 1. The lowest BCUT2D eigenvalue weighted by Gasteiger charge is -2.33. The maximum atomic E-state index is 13.2. The van der Waals surface area contributed by atoms with E-state index in [9.17, 15) is 13.6 Å². The zero-order chi connectivity index (χ0) is 14.8. The van der Waals surface area contributed by atoms with Gasteiger partial charge in [0.2, 0.25) is 0 Å². The molecule has 0 bridgehead atoms. The van der Waals surface area contributed by atoms with Gasteiger partial charge in [0.1, 0.15) is 5.69 Å². The molecule has 1 fully saturated rings. The summed E-state index contributed by atoms with van der Waals surface area (Å²) in [6, 6.07) is 3.03. The predicted octanol–water partition coefficient (Wildman–Crippen LogP) is 0.929. The van der Waals surface area contributed by atoms with Crippen LogP contribution in [0.3, 0.4) is 0 Å². The summed E-state index contributed by atoms with van der Waals surface area (Å²) in [5.41, 5.74) is 2.09. The van der Waals surface area contributed by atoms with Crippen molar-refractivity contribution in [1.29, 1.82) is 0 Å². The Morgan fingerprint density at radius 3 is 2.65 bits per heavy atom. The van der Waals surface area contributed by atoms with Gasteiger partial charge in [0.05, 0.1) is 7.11 Å². The van der Waals surface area contributed by atoms with Crippen LogP contribution in [0.25, 0.3) is 0 Å². The number of amides is 1. The number of hydrogen-bond acceptors (Lipinski definition) is 5. The number of halogens is 2. The van der Waals surface area contributed by atoms with Gasteiger partial charge in [0, 0.05) is 25.9 Å². The Balaban J connectivity index is 2.27. The molecule has 0 saturated carbocycles. The summed E-state index contributed by atoms with van der Waals surface area (Å²) < 4.78 is 31.5. The summed E-state index contributed by atoms with van der Waals surface area (Å²) in [4.78, 5) is 17.3. The van der Waals surface area contributed by atoms with E-state index < -0.39 is 11.8 Å². The lowest BCUT2D eigenvalue weighted by molar-refractivity contribution is -0.0222. The number of ether oxygens (including phenoxy) is 1. The zero-order valence-electron chi connectivity index (χ0n) is 11.0. The first-order valence-electron chi connectivity index (χ1n) is 6.15. The average molecular weight is 286 g/mol. The molecule has 0 radical (unpaired) electrons. The Labute approximate surface area is 114 Å². The number of alkyl halides is 2. The van der Waals surface area contributed by atoms with Crippen LogP contribution in [0, 0.1) is 0 Å². The number of piperidine rings is 1. The number of rotatable bonds is 3. The Bertz CT molecular complexity index is 500. The highest BCUT2D eigenvalue weighted by Gasteiger charge is 2.35. The van der Waals surface area contributed by atoms with Crippen molar-refractivity contribution in [2.75, 3.05) is 25.1 Å². The highest BCUT2D eigenvalue weighted by molar-refractivity contribution is 5.92. The fourth-order valence-corrected chi connectivity index (χ4v) is 2.07. The van der Waals surface area contributed by atoms with Crippen molar-refractivity contribution in [2.45, 2.75) is 18.8 Å². The fourth-order valence-electron chi connectivity index (χ4n) is 2.07. The van der Waals surface area contributed by atoms with Crippen molar-refractivity contribution in [3.63, 3.8) is 0 Å². The summed E-state index contributed by atoms with van der Waals surface area (Å²) in [5, 5.41) is 0. The number of carbonyl (C=O) groups is 1. The number of nitrogen functional groups attached to an aromatic ring is 1. The molecule has 0 aliphatic carbocycles. The zero-order valence-corrected chi connectivity index (χ0v) is 11.0. The van der Waals surface area contributed by atoms with Gasteiger partial charge in [-0.05, 0) is 12.1 Å².